The summed E-state index contributed by atoms with van der Waals surface area (Å²) in [7, 11) is 0. The molecule has 1 saturated heterocycles. The lowest BCUT2D eigenvalue weighted by atomic mass is 10.4. The van der Waals surface area contributed by atoms with Gasteiger partial charge >= 0.3 is 0 Å². The molecule has 1 N–H and O–H groups in total. The Morgan fingerprint density at radius 2 is 2.67 bits per heavy atom. The van der Waals surface area contributed by atoms with Gasteiger partial charge in [-0.25, -0.2) is 5.01 Å². The Hall–Kier alpha value is -0.680. The number of amidine groups is 1. The molecule has 3 rings (SSSR count). The smallest absolute Gasteiger partial charge is 0.175 e. The molecule has 12 heavy (non-hydrogen) atoms. The zero-order valence-electron chi connectivity index (χ0n) is 6.60. The maximum atomic E-state index is 4.48. The summed E-state index contributed by atoms with van der Waals surface area (Å²) in [5, 5.41) is 11.9. The average molecular weight is 182 g/mol. The maximum Gasteiger partial charge on any atom is 0.175 e. The van der Waals surface area contributed by atoms with Crippen LogP contribution in [0.4, 0.5) is 0 Å². The van der Waals surface area contributed by atoms with Gasteiger partial charge < -0.3 is 10.2 Å². The predicted molar refractivity (Wildman–Crippen MR) is 49.4 cm³/mol. The minimum Gasteiger partial charge on any atom is -0.325 e. The van der Waals surface area contributed by atoms with Crippen molar-refractivity contribution in [3.8, 4) is 0 Å². The van der Waals surface area contributed by atoms with Gasteiger partial charge in [-0.3, -0.25) is 0 Å². The third-order valence-corrected chi connectivity index (χ3v) is 3.27. The molecule has 0 amide bonds. The quantitative estimate of drug-likeness (QED) is 0.572. The van der Waals surface area contributed by atoms with Crippen molar-refractivity contribution >= 4 is 17.6 Å². The van der Waals surface area contributed by atoms with Crippen molar-refractivity contribution in [2.24, 2.45) is 5.10 Å². The van der Waals surface area contributed by atoms with E-state index in [0.29, 0.717) is 5.50 Å². The Labute approximate surface area is 75.3 Å². The molecule has 1 unspecified atom stereocenters. The van der Waals surface area contributed by atoms with E-state index in [4.69, 9.17) is 0 Å². The summed E-state index contributed by atoms with van der Waals surface area (Å²) >= 11 is 1.83. The fourth-order valence-corrected chi connectivity index (χ4v) is 2.65. The third kappa shape index (κ3) is 0.804. The van der Waals surface area contributed by atoms with Crippen LogP contribution in [-0.2, 0) is 0 Å². The molecule has 0 saturated carbocycles. The molecule has 0 aromatic heterocycles. The molecule has 5 heteroatoms. The largest absolute Gasteiger partial charge is 0.325 e. The summed E-state index contributed by atoms with van der Waals surface area (Å²) in [6, 6.07) is 0. The predicted octanol–water partition coefficient (Wildman–Crippen LogP) is 0.0223. The van der Waals surface area contributed by atoms with E-state index < -0.39 is 0 Å². The fourth-order valence-electron chi connectivity index (χ4n) is 1.70. The highest BCUT2D eigenvalue weighted by molar-refractivity contribution is 8.02. The van der Waals surface area contributed by atoms with Crippen molar-refractivity contribution in [1.29, 1.82) is 0 Å². The van der Waals surface area contributed by atoms with Crippen molar-refractivity contribution in [2.45, 2.75) is 5.50 Å². The summed E-state index contributed by atoms with van der Waals surface area (Å²) < 4.78 is 0. The Bertz CT molecular complexity index is 262. The fraction of sp³-hybridized carbons (Fsp3) is 0.571. The van der Waals surface area contributed by atoms with Crippen LogP contribution in [0.1, 0.15) is 0 Å². The van der Waals surface area contributed by atoms with Crippen molar-refractivity contribution < 1.29 is 0 Å². The van der Waals surface area contributed by atoms with Gasteiger partial charge in [-0.2, -0.15) is 5.10 Å². The SMILES string of the molecule is C1=CN2N=C3CNCCN3C2S1. The van der Waals surface area contributed by atoms with Gasteiger partial charge in [0, 0.05) is 19.3 Å². The average Bonchev–Trinajstić information content (AvgIpc) is 2.62. The van der Waals surface area contributed by atoms with Crippen LogP contribution in [0.5, 0.6) is 0 Å². The number of hydrogen-bond donors (Lipinski definition) is 1. The summed E-state index contributed by atoms with van der Waals surface area (Å²) in [6.07, 6.45) is 2.04. The van der Waals surface area contributed by atoms with E-state index in [-0.39, 0.29) is 0 Å². The molecule has 0 aromatic rings. The van der Waals surface area contributed by atoms with Gasteiger partial charge in [0.2, 0.25) is 0 Å². The van der Waals surface area contributed by atoms with E-state index in [1.54, 1.807) is 0 Å². The lowest BCUT2D eigenvalue weighted by Crippen LogP contribution is -2.49. The zero-order chi connectivity index (χ0) is 7.97. The number of nitrogens with zero attached hydrogens (tertiary/aromatic N) is 3. The standard InChI is InChI=1S/C7H10N4S/c1-2-10-6(5-8-1)9-11-3-4-12-7(10)11/h3-4,7-8H,1-2,5H2. The highest BCUT2D eigenvalue weighted by Gasteiger charge is 2.36. The Kier molecular flexibility index (Phi) is 1.36. The van der Waals surface area contributed by atoms with Crippen molar-refractivity contribution in [1.82, 2.24) is 15.2 Å². The van der Waals surface area contributed by atoms with Crippen LogP contribution in [0.25, 0.3) is 0 Å². The topological polar surface area (TPSA) is 30.9 Å². The minimum absolute atomic E-state index is 0.419. The molecule has 0 bridgehead atoms. The van der Waals surface area contributed by atoms with Gasteiger partial charge in [0.1, 0.15) is 5.84 Å². The van der Waals surface area contributed by atoms with Crippen LogP contribution in [-0.4, -0.2) is 40.9 Å². The van der Waals surface area contributed by atoms with Crippen molar-refractivity contribution in [2.75, 3.05) is 19.6 Å². The number of fused-ring (bicyclic) bond motifs is 3. The summed E-state index contributed by atoms with van der Waals surface area (Å²) in [5.74, 6) is 1.18. The van der Waals surface area contributed by atoms with Gasteiger partial charge in [-0.15, -0.1) is 0 Å². The first-order valence-electron chi connectivity index (χ1n) is 4.10. The number of hydrogen-bond acceptors (Lipinski definition) is 5. The van der Waals surface area contributed by atoms with E-state index >= 15 is 0 Å². The van der Waals surface area contributed by atoms with Crippen LogP contribution in [0.2, 0.25) is 0 Å². The minimum atomic E-state index is 0.419. The monoisotopic (exact) mass is 182 g/mol. The number of nitrogens with one attached hydrogen (secondary N) is 1. The Morgan fingerprint density at radius 3 is 3.67 bits per heavy atom. The Morgan fingerprint density at radius 1 is 1.67 bits per heavy atom. The molecule has 4 nitrogen and oxygen atoms in total. The van der Waals surface area contributed by atoms with E-state index in [2.05, 4.69) is 20.7 Å². The van der Waals surface area contributed by atoms with Crippen LogP contribution < -0.4 is 5.32 Å². The lowest BCUT2D eigenvalue weighted by Gasteiger charge is -2.29. The third-order valence-electron chi connectivity index (χ3n) is 2.28. The Balaban J connectivity index is 1.91. The second-order valence-electron chi connectivity index (χ2n) is 3.01. The molecule has 0 aliphatic carbocycles. The molecular weight excluding hydrogens is 172 g/mol. The molecule has 3 heterocycles. The normalized spacial score (nSPS) is 32.0. The lowest BCUT2D eigenvalue weighted by molar-refractivity contribution is 0.266. The molecule has 0 radical (unpaired) electrons. The van der Waals surface area contributed by atoms with Crippen molar-refractivity contribution in [3.05, 3.63) is 11.6 Å². The number of rotatable bonds is 0. The first kappa shape index (κ1) is 6.80. The second-order valence-corrected chi connectivity index (χ2v) is 3.98. The van der Waals surface area contributed by atoms with E-state index in [0.717, 1.165) is 19.6 Å². The maximum absolute atomic E-state index is 4.48. The molecular formula is C7H10N4S. The van der Waals surface area contributed by atoms with E-state index in [9.17, 15) is 0 Å². The van der Waals surface area contributed by atoms with E-state index in [1.165, 1.54) is 5.84 Å². The van der Waals surface area contributed by atoms with Gasteiger partial charge in [-0.05, 0) is 5.41 Å². The van der Waals surface area contributed by atoms with Crippen LogP contribution >= 0.6 is 11.8 Å². The van der Waals surface area contributed by atoms with Gasteiger partial charge in [0.25, 0.3) is 0 Å². The first-order valence-corrected chi connectivity index (χ1v) is 5.05. The van der Waals surface area contributed by atoms with Crippen molar-refractivity contribution in [3.63, 3.8) is 0 Å². The summed E-state index contributed by atoms with van der Waals surface area (Å²) in [4.78, 5) is 2.36. The summed E-state index contributed by atoms with van der Waals surface area (Å²) in [5.41, 5.74) is 0.419. The molecule has 0 spiro atoms. The molecule has 3 aliphatic heterocycles. The second kappa shape index (κ2) is 2.40. The highest BCUT2D eigenvalue weighted by atomic mass is 32.2. The van der Waals surface area contributed by atoms with Gasteiger partial charge in [-0.1, -0.05) is 11.8 Å². The number of hydrazone groups is 1. The van der Waals surface area contributed by atoms with Crippen LogP contribution in [0.15, 0.2) is 16.7 Å². The van der Waals surface area contributed by atoms with Gasteiger partial charge in [0.15, 0.2) is 5.50 Å². The van der Waals surface area contributed by atoms with Gasteiger partial charge in [0.05, 0.1) is 6.54 Å². The molecule has 64 valence electrons. The molecule has 0 aromatic carbocycles. The number of thioether (sulfide) groups is 1. The van der Waals surface area contributed by atoms with Crippen LogP contribution in [0, 0.1) is 0 Å². The highest BCUT2D eigenvalue weighted by Crippen LogP contribution is 2.33. The number of piperazine rings is 1. The molecule has 1 fully saturated rings. The van der Waals surface area contributed by atoms with Crippen LogP contribution in [0.3, 0.4) is 0 Å². The molecule has 3 aliphatic rings. The first-order chi connectivity index (χ1) is 5.95. The van der Waals surface area contributed by atoms with E-state index in [1.807, 2.05) is 23.0 Å². The molecule has 1 atom stereocenters. The summed E-state index contributed by atoms with van der Waals surface area (Å²) in [6.45, 7) is 3.07. The zero-order valence-corrected chi connectivity index (χ0v) is 7.42.